The predicted molar refractivity (Wildman–Crippen MR) is 78.7 cm³/mol. The molecule has 0 aromatic heterocycles. The van der Waals surface area contributed by atoms with Crippen LogP contribution in [0.4, 0.5) is 16.2 Å². The standard InChI is InChI=1S/C14H20N4O2/c1-2-16-14(20)18-12-5-3-4-11(8-12)17-13(19)10-6-7-15-9-10/h3-5,8,10,15H,2,6-7,9H2,1H3,(H,17,19)(H2,16,18,20). The second-order valence-corrected chi connectivity index (χ2v) is 4.74. The van der Waals surface area contributed by atoms with E-state index in [-0.39, 0.29) is 17.9 Å². The minimum absolute atomic E-state index is 0.0187. The number of anilines is 2. The van der Waals surface area contributed by atoms with Gasteiger partial charge in [0.1, 0.15) is 0 Å². The van der Waals surface area contributed by atoms with Crippen LogP contribution in [0.15, 0.2) is 24.3 Å². The van der Waals surface area contributed by atoms with Crippen molar-refractivity contribution in [3.63, 3.8) is 0 Å². The Kier molecular flexibility index (Phi) is 4.95. The van der Waals surface area contributed by atoms with Crippen molar-refractivity contribution in [1.29, 1.82) is 0 Å². The Labute approximate surface area is 118 Å². The van der Waals surface area contributed by atoms with Crippen molar-refractivity contribution in [3.8, 4) is 0 Å². The summed E-state index contributed by atoms with van der Waals surface area (Å²) in [7, 11) is 0. The Balaban J connectivity index is 1.95. The second-order valence-electron chi connectivity index (χ2n) is 4.74. The summed E-state index contributed by atoms with van der Waals surface area (Å²) in [6.07, 6.45) is 0.864. The molecule has 1 atom stereocenters. The molecule has 0 spiro atoms. The lowest BCUT2D eigenvalue weighted by atomic mass is 10.1. The molecule has 3 amide bonds. The number of rotatable bonds is 4. The van der Waals surface area contributed by atoms with Gasteiger partial charge in [0.2, 0.25) is 5.91 Å². The highest BCUT2D eigenvalue weighted by atomic mass is 16.2. The maximum Gasteiger partial charge on any atom is 0.319 e. The summed E-state index contributed by atoms with van der Waals surface area (Å²) in [6.45, 7) is 4.03. The van der Waals surface area contributed by atoms with E-state index in [9.17, 15) is 9.59 Å². The van der Waals surface area contributed by atoms with Crippen LogP contribution in [0.2, 0.25) is 0 Å². The fraction of sp³-hybridized carbons (Fsp3) is 0.429. The Hall–Kier alpha value is -2.08. The summed E-state index contributed by atoms with van der Waals surface area (Å²) < 4.78 is 0. The molecule has 1 heterocycles. The van der Waals surface area contributed by atoms with Crippen LogP contribution in [0.1, 0.15) is 13.3 Å². The number of carbonyl (C=O) groups excluding carboxylic acids is 2. The summed E-state index contributed by atoms with van der Waals surface area (Å²) >= 11 is 0. The zero-order chi connectivity index (χ0) is 14.4. The molecule has 1 aromatic carbocycles. The Morgan fingerprint density at radius 1 is 1.30 bits per heavy atom. The van der Waals surface area contributed by atoms with E-state index in [1.165, 1.54) is 0 Å². The van der Waals surface area contributed by atoms with Crippen molar-refractivity contribution in [3.05, 3.63) is 24.3 Å². The first kappa shape index (κ1) is 14.3. The van der Waals surface area contributed by atoms with Gasteiger partial charge in [0, 0.05) is 24.5 Å². The van der Waals surface area contributed by atoms with Crippen LogP contribution in [-0.4, -0.2) is 31.6 Å². The molecule has 6 nitrogen and oxygen atoms in total. The van der Waals surface area contributed by atoms with Crippen LogP contribution in [0.25, 0.3) is 0 Å². The number of carbonyl (C=O) groups is 2. The molecular weight excluding hydrogens is 256 g/mol. The molecule has 1 fully saturated rings. The van der Waals surface area contributed by atoms with Crippen molar-refractivity contribution in [2.45, 2.75) is 13.3 Å². The van der Waals surface area contributed by atoms with Crippen LogP contribution in [0, 0.1) is 5.92 Å². The lowest BCUT2D eigenvalue weighted by Gasteiger charge is -2.11. The molecule has 2 rings (SSSR count). The van der Waals surface area contributed by atoms with Crippen LogP contribution in [-0.2, 0) is 4.79 Å². The molecule has 0 radical (unpaired) electrons. The smallest absolute Gasteiger partial charge is 0.319 e. The van der Waals surface area contributed by atoms with Gasteiger partial charge in [-0.05, 0) is 38.1 Å². The Bertz CT molecular complexity index is 484. The molecule has 20 heavy (non-hydrogen) atoms. The van der Waals surface area contributed by atoms with Crippen molar-refractivity contribution >= 4 is 23.3 Å². The summed E-state index contributed by atoms with van der Waals surface area (Å²) in [5.74, 6) is 0.0418. The summed E-state index contributed by atoms with van der Waals surface area (Å²) in [5, 5.41) is 11.4. The van der Waals surface area contributed by atoms with Crippen LogP contribution in [0.3, 0.4) is 0 Å². The minimum Gasteiger partial charge on any atom is -0.338 e. The number of hydrogen-bond acceptors (Lipinski definition) is 3. The number of urea groups is 1. The largest absolute Gasteiger partial charge is 0.338 e. The second kappa shape index (κ2) is 6.91. The van der Waals surface area contributed by atoms with E-state index in [2.05, 4.69) is 21.3 Å². The highest BCUT2D eigenvalue weighted by molar-refractivity contribution is 5.94. The van der Waals surface area contributed by atoms with Crippen molar-refractivity contribution < 1.29 is 9.59 Å². The molecule has 1 unspecified atom stereocenters. The number of benzene rings is 1. The topological polar surface area (TPSA) is 82.3 Å². The van der Waals surface area contributed by atoms with Crippen molar-refractivity contribution in [2.75, 3.05) is 30.3 Å². The van der Waals surface area contributed by atoms with Crippen LogP contribution < -0.4 is 21.3 Å². The van der Waals surface area contributed by atoms with Gasteiger partial charge in [-0.3, -0.25) is 4.79 Å². The third-order valence-electron chi connectivity index (χ3n) is 3.16. The van der Waals surface area contributed by atoms with E-state index in [4.69, 9.17) is 0 Å². The van der Waals surface area contributed by atoms with E-state index in [0.717, 1.165) is 19.5 Å². The van der Waals surface area contributed by atoms with Gasteiger partial charge in [0.25, 0.3) is 0 Å². The van der Waals surface area contributed by atoms with E-state index >= 15 is 0 Å². The molecule has 1 saturated heterocycles. The zero-order valence-corrected chi connectivity index (χ0v) is 11.5. The van der Waals surface area contributed by atoms with Gasteiger partial charge in [-0.15, -0.1) is 0 Å². The van der Waals surface area contributed by atoms with Crippen molar-refractivity contribution in [2.24, 2.45) is 5.92 Å². The van der Waals surface area contributed by atoms with E-state index in [1.807, 2.05) is 13.0 Å². The first-order chi connectivity index (χ1) is 9.69. The van der Waals surface area contributed by atoms with Gasteiger partial charge >= 0.3 is 6.03 Å². The summed E-state index contributed by atoms with van der Waals surface area (Å²) in [6, 6.07) is 6.88. The molecule has 0 bridgehead atoms. The molecule has 1 aromatic rings. The molecule has 6 heteroatoms. The molecule has 1 aliphatic heterocycles. The van der Waals surface area contributed by atoms with Gasteiger partial charge in [0.15, 0.2) is 0 Å². The lowest BCUT2D eigenvalue weighted by Crippen LogP contribution is -2.28. The van der Waals surface area contributed by atoms with Crippen molar-refractivity contribution in [1.82, 2.24) is 10.6 Å². The molecule has 1 aliphatic rings. The average molecular weight is 276 g/mol. The molecule has 0 aliphatic carbocycles. The SMILES string of the molecule is CCNC(=O)Nc1cccc(NC(=O)C2CCNC2)c1. The van der Waals surface area contributed by atoms with Gasteiger partial charge in [0.05, 0.1) is 5.92 Å². The van der Waals surface area contributed by atoms with Gasteiger partial charge in [-0.2, -0.15) is 0 Å². The van der Waals surface area contributed by atoms with Gasteiger partial charge in [-0.1, -0.05) is 6.07 Å². The lowest BCUT2D eigenvalue weighted by molar-refractivity contribution is -0.119. The number of hydrogen-bond donors (Lipinski definition) is 4. The maximum absolute atomic E-state index is 12.0. The first-order valence-electron chi connectivity index (χ1n) is 6.85. The fourth-order valence-corrected chi connectivity index (χ4v) is 2.13. The first-order valence-corrected chi connectivity index (χ1v) is 6.85. The van der Waals surface area contributed by atoms with Crippen LogP contribution >= 0.6 is 0 Å². The monoisotopic (exact) mass is 276 g/mol. The molecule has 0 saturated carbocycles. The third-order valence-corrected chi connectivity index (χ3v) is 3.16. The highest BCUT2D eigenvalue weighted by Crippen LogP contribution is 2.17. The van der Waals surface area contributed by atoms with E-state index in [0.29, 0.717) is 17.9 Å². The molecule has 108 valence electrons. The molecule has 4 N–H and O–H groups in total. The van der Waals surface area contributed by atoms with Crippen LogP contribution in [0.5, 0.6) is 0 Å². The Morgan fingerprint density at radius 3 is 2.70 bits per heavy atom. The summed E-state index contributed by atoms with van der Waals surface area (Å²) in [4.78, 5) is 23.4. The minimum atomic E-state index is -0.254. The number of nitrogens with one attached hydrogen (secondary N) is 4. The molecular formula is C14H20N4O2. The fourth-order valence-electron chi connectivity index (χ4n) is 2.13. The maximum atomic E-state index is 12.0. The zero-order valence-electron chi connectivity index (χ0n) is 11.5. The van der Waals surface area contributed by atoms with E-state index < -0.39 is 0 Å². The highest BCUT2D eigenvalue weighted by Gasteiger charge is 2.22. The average Bonchev–Trinajstić information content (AvgIpc) is 2.93. The summed E-state index contributed by atoms with van der Waals surface area (Å²) in [5.41, 5.74) is 1.34. The predicted octanol–water partition coefficient (Wildman–Crippen LogP) is 1.38. The van der Waals surface area contributed by atoms with E-state index in [1.54, 1.807) is 18.2 Å². The van der Waals surface area contributed by atoms with Gasteiger partial charge in [-0.25, -0.2) is 4.79 Å². The normalized spacial score (nSPS) is 17.6. The Morgan fingerprint density at radius 2 is 2.05 bits per heavy atom. The number of amides is 3. The third kappa shape index (κ3) is 3.96. The quantitative estimate of drug-likeness (QED) is 0.670. The van der Waals surface area contributed by atoms with Gasteiger partial charge < -0.3 is 21.3 Å².